The summed E-state index contributed by atoms with van der Waals surface area (Å²) >= 11 is 13.1. The number of amides is 1. The number of anilines is 1. The van der Waals surface area contributed by atoms with Crippen molar-refractivity contribution in [2.75, 3.05) is 19.5 Å². The van der Waals surface area contributed by atoms with Crippen LogP contribution in [0.2, 0.25) is 10.2 Å². The minimum atomic E-state index is -0.481. The molecule has 0 atom stereocenters. The van der Waals surface area contributed by atoms with E-state index in [0.717, 1.165) is 5.56 Å². The van der Waals surface area contributed by atoms with Crippen LogP contribution in [0.3, 0.4) is 0 Å². The molecule has 2 heterocycles. The van der Waals surface area contributed by atoms with Gasteiger partial charge >= 0.3 is 0 Å². The maximum absolute atomic E-state index is 12.3. The maximum atomic E-state index is 12.3. The second-order valence-electron chi connectivity index (χ2n) is 5.03. The van der Waals surface area contributed by atoms with Gasteiger partial charge in [0.15, 0.2) is 16.6 Å². The molecule has 6 nitrogen and oxygen atoms in total. The monoisotopic (exact) mass is 409 g/mol. The summed E-state index contributed by atoms with van der Waals surface area (Å²) in [6.45, 7) is 0. The summed E-state index contributed by atoms with van der Waals surface area (Å²) in [5, 5.41) is 5.31. The van der Waals surface area contributed by atoms with Crippen LogP contribution in [0.15, 0.2) is 35.7 Å². The first-order chi connectivity index (χ1) is 12.5. The van der Waals surface area contributed by atoms with Gasteiger partial charge in [-0.15, -0.1) is 11.3 Å². The van der Waals surface area contributed by atoms with Crippen molar-refractivity contribution in [3.05, 3.63) is 51.6 Å². The highest BCUT2D eigenvalue weighted by Gasteiger charge is 2.16. The number of benzene rings is 1. The number of ether oxygens (including phenoxy) is 2. The zero-order valence-electron chi connectivity index (χ0n) is 13.7. The number of hydrogen-bond acceptors (Lipinski definition) is 6. The Morgan fingerprint density at radius 2 is 1.85 bits per heavy atom. The largest absolute Gasteiger partial charge is 0.493 e. The zero-order chi connectivity index (χ0) is 18.7. The molecule has 0 unspecified atom stereocenters. The Morgan fingerprint density at radius 3 is 2.58 bits per heavy atom. The summed E-state index contributed by atoms with van der Waals surface area (Å²) in [5.74, 6) is 0.742. The fraction of sp³-hybridized carbons (Fsp3) is 0.118. The number of hydrogen-bond donors (Lipinski definition) is 1. The quantitative estimate of drug-likeness (QED) is 0.613. The Labute approximate surface area is 163 Å². The molecule has 1 aromatic carbocycles. The minimum absolute atomic E-state index is 0.0435. The molecule has 0 aliphatic carbocycles. The van der Waals surface area contributed by atoms with E-state index in [1.165, 1.54) is 23.5 Å². The molecule has 1 amide bonds. The van der Waals surface area contributed by atoms with Crippen LogP contribution in [0.1, 0.15) is 10.5 Å². The van der Waals surface area contributed by atoms with Crippen molar-refractivity contribution in [2.24, 2.45) is 0 Å². The lowest BCUT2D eigenvalue weighted by atomic mass is 10.1. The first-order valence-corrected chi connectivity index (χ1v) is 8.96. The molecule has 0 radical (unpaired) electrons. The molecule has 0 aliphatic heterocycles. The van der Waals surface area contributed by atoms with Crippen LogP contribution in [-0.4, -0.2) is 30.1 Å². The van der Waals surface area contributed by atoms with E-state index >= 15 is 0 Å². The number of methoxy groups -OCH3 is 2. The Hall–Kier alpha value is -2.35. The Kier molecular flexibility index (Phi) is 5.61. The van der Waals surface area contributed by atoms with Crippen LogP contribution in [-0.2, 0) is 0 Å². The molecule has 9 heteroatoms. The smallest absolute Gasteiger partial charge is 0.277 e. The highest BCUT2D eigenvalue weighted by Crippen LogP contribution is 2.33. The van der Waals surface area contributed by atoms with Crippen molar-refractivity contribution in [3.8, 4) is 22.8 Å². The fourth-order valence-corrected chi connectivity index (χ4v) is 3.25. The summed E-state index contributed by atoms with van der Waals surface area (Å²) in [6, 6.07) is 8.50. The van der Waals surface area contributed by atoms with Gasteiger partial charge in [-0.2, -0.15) is 0 Å². The minimum Gasteiger partial charge on any atom is -0.493 e. The second kappa shape index (κ2) is 7.90. The standard InChI is InChI=1S/C17H13Cl2N3O3S/c1-24-12-5-3-9(7-13(12)25-2)11-8-26-17(20-11)22-16(23)15-10(18)4-6-14(19)21-15/h3-8H,1-2H3,(H,20,22,23). The molecule has 2 aromatic heterocycles. The van der Waals surface area contributed by atoms with Gasteiger partial charge in [-0.3, -0.25) is 10.1 Å². The Bertz CT molecular complexity index is 962. The number of thiazole rings is 1. The van der Waals surface area contributed by atoms with E-state index in [9.17, 15) is 4.79 Å². The molecular weight excluding hydrogens is 397 g/mol. The van der Waals surface area contributed by atoms with Crippen molar-refractivity contribution in [1.29, 1.82) is 0 Å². The van der Waals surface area contributed by atoms with Crippen LogP contribution in [0.25, 0.3) is 11.3 Å². The van der Waals surface area contributed by atoms with Crippen molar-refractivity contribution in [1.82, 2.24) is 9.97 Å². The summed E-state index contributed by atoms with van der Waals surface area (Å²) < 4.78 is 10.5. The Morgan fingerprint density at radius 1 is 1.08 bits per heavy atom. The van der Waals surface area contributed by atoms with E-state index in [2.05, 4.69) is 15.3 Å². The number of nitrogens with one attached hydrogen (secondary N) is 1. The van der Waals surface area contributed by atoms with Crippen LogP contribution in [0, 0.1) is 0 Å². The third-order valence-electron chi connectivity index (χ3n) is 3.43. The predicted octanol–water partition coefficient (Wildman–Crippen LogP) is 4.78. The first kappa shape index (κ1) is 18.4. The van der Waals surface area contributed by atoms with Gasteiger partial charge in [-0.1, -0.05) is 23.2 Å². The maximum Gasteiger partial charge on any atom is 0.277 e. The number of carbonyl (C=O) groups is 1. The third kappa shape index (κ3) is 3.90. The van der Waals surface area contributed by atoms with Gasteiger partial charge in [-0.05, 0) is 30.3 Å². The Balaban J connectivity index is 1.82. The molecule has 3 aromatic rings. The molecule has 0 saturated heterocycles. The molecule has 26 heavy (non-hydrogen) atoms. The number of pyridine rings is 1. The van der Waals surface area contributed by atoms with E-state index in [1.807, 2.05) is 17.5 Å². The lowest BCUT2D eigenvalue weighted by molar-refractivity contribution is 0.102. The lowest BCUT2D eigenvalue weighted by Crippen LogP contribution is -2.14. The normalized spacial score (nSPS) is 10.5. The predicted molar refractivity (Wildman–Crippen MR) is 103 cm³/mol. The second-order valence-corrected chi connectivity index (χ2v) is 6.68. The fourth-order valence-electron chi connectivity index (χ4n) is 2.19. The number of aromatic nitrogens is 2. The lowest BCUT2D eigenvalue weighted by Gasteiger charge is -2.08. The number of nitrogens with zero attached hydrogens (tertiary/aromatic N) is 2. The van der Waals surface area contributed by atoms with Gasteiger partial charge in [0.1, 0.15) is 10.8 Å². The molecule has 0 aliphatic rings. The molecule has 1 N–H and O–H groups in total. The van der Waals surface area contributed by atoms with E-state index in [-0.39, 0.29) is 15.9 Å². The number of rotatable bonds is 5. The first-order valence-electron chi connectivity index (χ1n) is 7.33. The van der Waals surface area contributed by atoms with Crippen molar-refractivity contribution in [2.45, 2.75) is 0 Å². The van der Waals surface area contributed by atoms with Gasteiger partial charge in [0.2, 0.25) is 0 Å². The number of halogens is 2. The van der Waals surface area contributed by atoms with Crippen LogP contribution in [0.4, 0.5) is 5.13 Å². The van der Waals surface area contributed by atoms with Gasteiger partial charge < -0.3 is 9.47 Å². The van der Waals surface area contributed by atoms with Crippen molar-refractivity contribution >= 4 is 45.6 Å². The van der Waals surface area contributed by atoms with Crippen LogP contribution >= 0.6 is 34.5 Å². The number of carbonyl (C=O) groups excluding carboxylic acids is 1. The van der Waals surface area contributed by atoms with Gasteiger partial charge in [0, 0.05) is 10.9 Å². The SMILES string of the molecule is COc1ccc(-c2csc(NC(=O)c3nc(Cl)ccc3Cl)n2)cc1OC. The van der Waals surface area contributed by atoms with Crippen LogP contribution in [0.5, 0.6) is 11.5 Å². The molecule has 0 saturated carbocycles. The molecular formula is C17H13Cl2N3O3S. The molecule has 3 rings (SSSR count). The van der Waals surface area contributed by atoms with Gasteiger partial charge in [0.25, 0.3) is 5.91 Å². The van der Waals surface area contributed by atoms with Gasteiger partial charge in [0.05, 0.1) is 24.9 Å². The summed E-state index contributed by atoms with van der Waals surface area (Å²) in [5.41, 5.74) is 1.57. The van der Waals surface area contributed by atoms with E-state index in [1.54, 1.807) is 20.3 Å². The molecule has 134 valence electrons. The van der Waals surface area contributed by atoms with E-state index in [0.29, 0.717) is 22.3 Å². The van der Waals surface area contributed by atoms with Crippen LogP contribution < -0.4 is 14.8 Å². The molecule has 0 fully saturated rings. The van der Waals surface area contributed by atoms with Gasteiger partial charge in [-0.25, -0.2) is 9.97 Å². The highest BCUT2D eigenvalue weighted by molar-refractivity contribution is 7.14. The topological polar surface area (TPSA) is 73.3 Å². The summed E-state index contributed by atoms with van der Waals surface area (Å²) in [7, 11) is 3.14. The van der Waals surface area contributed by atoms with E-state index < -0.39 is 5.91 Å². The van der Waals surface area contributed by atoms with E-state index in [4.69, 9.17) is 32.7 Å². The summed E-state index contributed by atoms with van der Waals surface area (Å²) in [6.07, 6.45) is 0. The highest BCUT2D eigenvalue weighted by atomic mass is 35.5. The van der Waals surface area contributed by atoms with Crippen molar-refractivity contribution in [3.63, 3.8) is 0 Å². The third-order valence-corrected chi connectivity index (χ3v) is 4.70. The average Bonchev–Trinajstić information content (AvgIpc) is 3.11. The van der Waals surface area contributed by atoms with Crippen molar-refractivity contribution < 1.29 is 14.3 Å². The summed E-state index contributed by atoms with van der Waals surface area (Å²) in [4.78, 5) is 20.7. The molecule has 0 spiro atoms. The average molecular weight is 410 g/mol. The molecule has 0 bridgehead atoms. The zero-order valence-corrected chi connectivity index (χ0v) is 16.1.